The molecule has 1 unspecified atom stereocenters. The zero-order valence-corrected chi connectivity index (χ0v) is 15.4. The molecule has 1 aliphatic heterocycles. The molecule has 1 aromatic carbocycles. The summed E-state index contributed by atoms with van der Waals surface area (Å²) in [5, 5.41) is 0.520. The normalized spacial score (nSPS) is 16.3. The van der Waals surface area contributed by atoms with E-state index in [-0.39, 0.29) is 30.4 Å². The van der Waals surface area contributed by atoms with Gasteiger partial charge in [-0.3, -0.25) is 14.5 Å². The van der Waals surface area contributed by atoms with Crippen molar-refractivity contribution in [3.8, 4) is 5.88 Å². The molecule has 5 nitrogen and oxygen atoms in total. The molecule has 0 spiro atoms. The molecule has 0 N–H and O–H groups in total. The average Bonchev–Trinajstić information content (AvgIpc) is 2.73. The fraction of sp³-hybridized carbons (Fsp3) is 0.235. The average molecular weight is 402 g/mol. The molecule has 0 bridgehead atoms. The van der Waals surface area contributed by atoms with Crippen molar-refractivity contribution in [1.82, 2.24) is 9.88 Å². The van der Waals surface area contributed by atoms with Crippen molar-refractivity contribution in [2.24, 2.45) is 0 Å². The number of carbonyl (C=O) groups is 2. The first-order chi connectivity index (χ1) is 11.6. The fourth-order valence-electron chi connectivity index (χ4n) is 2.47. The second kappa shape index (κ2) is 8.52. The molecule has 1 aromatic heterocycles. The molecule has 0 aliphatic carbocycles. The maximum absolute atomic E-state index is 12.8. The van der Waals surface area contributed by atoms with Gasteiger partial charge in [0.2, 0.25) is 5.88 Å². The van der Waals surface area contributed by atoms with Crippen molar-refractivity contribution < 1.29 is 14.3 Å². The van der Waals surface area contributed by atoms with Crippen LogP contribution in [-0.2, 0) is 0 Å². The Bertz CT molecular complexity index is 768. The van der Waals surface area contributed by atoms with E-state index in [4.69, 9.17) is 27.9 Å². The van der Waals surface area contributed by atoms with Crippen LogP contribution in [0.5, 0.6) is 5.88 Å². The van der Waals surface area contributed by atoms with Crippen molar-refractivity contribution in [2.45, 2.75) is 12.5 Å². The van der Waals surface area contributed by atoms with E-state index in [1.54, 1.807) is 42.6 Å². The minimum Gasteiger partial charge on any atom is -0.472 e. The minimum absolute atomic E-state index is 0. The number of fused-ring (bicyclic) bond motifs is 1. The lowest BCUT2D eigenvalue weighted by Gasteiger charge is -2.22. The molecule has 0 saturated heterocycles. The van der Waals surface area contributed by atoms with Crippen LogP contribution in [-0.4, -0.2) is 40.2 Å². The van der Waals surface area contributed by atoms with Crippen molar-refractivity contribution in [2.75, 3.05) is 12.4 Å². The Labute approximate surface area is 161 Å². The molecular weight excluding hydrogens is 387 g/mol. The van der Waals surface area contributed by atoms with Crippen LogP contribution in [0.1, 0.15) is 27.1 Å². The van der Waals surface area contributed by atoms with Gasteiger partial charge < -0.3 is 4.74 Å². The number of benzene rings is 1. The van der Waals surface area contributed by atoms with Gasteiger partial charge >= 0.3 is 0 Å². The summed E-state index contributed by atoms with van der Waals surface area (Å²) < 4.78 is 5.77. The van der Waals surface area contributed by atoms with Crippen molar-refractivity contribution in [3.05, 3.63) is 58.7 Å². The second-order valence-electron chi connectivity index (χ2n) is 5.30. The van der Waals surface area contributed by atoms with E-state index in [1.165, 1.54) is 4.90 Å². The lowest BCUT2D eigenvalue weighted by molar-refractivity contribution is 0.0567. The third-order valence-corrected chi connectivity index (χ3v) is 4.15. The van der Waals surface area contributed by atoms with Gasteiger partial charge in [-0.15, -0.1) is 24.0 Å². The second-order valence-corrected chi connectivity index (χ2v) is 6.12. The van der Waals surface area contributed by atoms with Crippen LogP contribution >= 0.6 is 35.6 Å². The number of ether oxygens (including phenoxy) is 1. The number of pyridine rings is 1. The summed E-state index contributed by atoms with van der Waals surface area (Å²) in [5.41, 5.74) is 0.640. The summed E-state index contributed by atoms with van der Waals surface area (Å²) in [6.07, 6.45) is 1.63. The quantitative estimate of drug-likeness (QED) is 0.579. The third-order valence-electron chi connectivity index (χ3n) is 3.68. The maximum Gasteiger partial charge on any atom is 0.266 e. The molecule has 2 amide bonds. The molecule has 2 heterocycles. The van der Waals surface area contributed by atoms with Gasteiger partial charge in [0.1, 0.15) is 11.7 Å². The Morgan fingerprint density at radius 1 is 1.28 bits per heavy atom. The van der Waals surface area contributed by atoms with Crippen molar-refractivity contribution in [1.29, 1.82) is 0 Å². The number of hydrogen-bond acceptors (Lipinski definition) is 4. The van der Waals surface area contributed by atoms with Crippen LogP contribution in [0.3, 0.4) is 0 Å². The van der Waals surface area contributed by atoms with E-state index >= 15 is 0 Å². The molecule has 0 saturated carbocycles. The SMILES string of the molecule is Cl.O=C(c1ccc(Cl)cc1)N1CC(CCCl)Oc2ncccc2C1=O. The highest BCUT2D eigenvalue weighted by molar-refractivity contribution is 6.30. The predicted molar refractivity (Wildman–Crippen MR) is 98.1 cm³/mol. The Hall–Kier alpha value is -1.82. The first kappa shape index (κ1) is 19.5. The van der Waals surface area contributed by atoms with Gasteiger partial charge in [-0.05, 0) is 42.8 Å². The van der Waals surface area contributed by atoms with Gasteiger partial charge in [-0.25, -0.2) is 4.98 Å². The smallest absolute Gasteiger partial charge is 0.266 e. The van der Waals surface area contributed by atoms with E-state index in [1.807, 2.05) is 0 Å². The van der Waals surface area contributed by atoms with Crippen LogP contribution in [0, 0.1) is 0 Å². The van der Waals surface area contributed by atoms with E-state index in [0.717, 1.165) is 0 Å². The summed E-state index contributed by atoms with van der Waals surface area (Å²) >= 11 is 11.7. The Morgan fingerprint density at radius 2 is 2.00 bits per heavy atom. The largest absolute Gasteiger partial charge is 0.472 e. The Morgan fingerprint density at radius 3 is 2.68 bits per heavy atom. The van der Waals surface area contributed by atoms with Crippen LogP contribution in [0.4, 0.5) is 0 Å². The number of amides is 2. The number of hydrogen-bond donors (Lipinski definition) is 0. The van der Waals surface area contributed by atoms with Gasteiger partial charge in [0.15, 0.2) is 0 Å². The molecule has 2 aromatic rings. The molecule has 1 atom stereocenters. The number of aromatic nitrogens is 1. The third kappa shape index (κ3) is 4.24. The number of alkyl halides is 1. The fourth-order valence-corrected chi connectivity index (χ4v) is 2.84. The van der Waals surface area contributed by atoms with Crippen LogP contribution in [0.25, 0.3) is 0 Å². The Balaban J connectivity index is 0.00000225. The van der Waals surface area contributed by atoms with Crippen molar-refractivity contribution in [3.63, 3.8) is 0 Å². The highest BCUT2D eigenvalue weighted by atomic mass is 35.5. The lowest BCUT2D eigenvalue weighted by Crippen LogP contribution is -2.41. The molecule has 0 radical (unpaired) electrons. The van der Waals surface area contributed by atoms with E-state index in [9.17, 15) is 9.59 Å². The zero-order valence-electron chi connectivity index (χ0n) is 13.0. The highest BCUT2D eigenvalue weighted by Crippen LogP contribution is 2.25. The van der Waals surface area contributed by atoms with Crippen LogP contribution in [0.2, 0.25) is 5.02 Å². The highest BCUT2D eigenvalue weighted by Gasteiger charge is 2.33. The summed E-state index contributed by atoms with van der Waals surface area (Å²) in [7, 11) is 0. The molecule has 25 heavy (non-hydrogen) atoms. The number of carbonyl (C=O) groups excluding carboxylic acids is 2. The number of nitrogens with zero attached hydrogens (tertiary/aromatic N) is 2. The van der Waals surface area contributed by atoms with E-state index in [0.29, 0.717) is 22.9 Å². The topological polar surface area (TPSA) is 59.5 Å². The molecule has 8 heteroatoms. The van der Waals surface area contributed by atoms with E-state index < -0.39 is 17.9 Å². The van der Waals surface area contributed by atoms with E-state index in [2.05, 4.69) is 4.98 Å². The van der Waals surface area contributed by atoms with Gasteiger partial charge in [0, 0.05) is 22.7 Å². The predicted octanol–water partition coefficient (Wildman–Crippen LogP) is 3.83. The zero-order chi connectivity index (χ0) is 17.1. The number of imide groups is 1. The summed E-state index contributed by atoms with van der Waals surface area (Å²) in [6.45, 7) is 0.114. The maximum atomic E-state index is 12.8. The van der Waals surface area contributed by atoms with Crippen LogP contribution in [0.15, 0.2) is 42.6 Å². The molecular formula is C17H15Cl3N2O3. The van der Waals surface area contributed by atoms with Gasteiger partial charge in [0.05, 0.1) is 6.54 Å². The van der Waals surface area contributed by atoms with Gasteiger partial charge in [0.25, 0.3) is 11.8 Å². The first-order valence-corrected chi connectivity index (χ1v) is 8.31. The first-order valence-electron chi connectivity index (χ1n) is 7.39. The molecule has 1 aliphatic rings. The molecule has 3 rings (SSSR count). The van der Waals surface area contributed by atoms with Crippen LogP contribution < -0.4 is 4.74 Å². The summed E-state index contributed by atoms with van der Waals surface area (Å²) in [5.74, 6) is -0.264. The standard InChI is InChI=1S/C17H14Cl2N2O3.ClH/c18-8-7-13-10-21(16(22)11-3-5-12(19)6-4-11)17(23)14-2-1-9-20-15(14)24-13;/h1-6,9,13H,7-8,10H2;1H. The van der Waals surface area contributed by atoms with Gasteiger partial charge in [-0.1, -0.05) is 11.6 Å². The van der Waals surface area contributed by atoms with Gasteiger partial charge in [-0.2, -0.15) is 0 Å². The molecule has 0 fully saturated rings. The number of halogens is 3. The number of rotatable bonds is 3. The molecule has 132 valence electrons. The lowest BCUT2D eigenvalue weighted by atomic mass is 10.1. The summed E-state index contributed by atoms with van der Waals surface area (Å²) in [4.78, 5) is 30.9. The van der Waals surface area contributed by atoms with Crippen molar-refractivity contribution >= 4 is 47.4 Å². The summed E-state index contributed by atoms with van der Waals surface area (Å²) in [6, 6.07) is 9.62. The monoisotopic (exact) mass is 400 g/mol. The Kier molecular flexibility index (Phi) is 6.64. The minimum atomic E-state index is -0.435.